The molecule has 3 rings (SSSR count). The van der Waals surface area contributed by atoms with E-state index in [0.717, 1.165) is 38.2 Å². The van der Waals surface area contributed by atoms with Crippen molar-refractivity contribution in [3.8, 4) is 5.75 Å². The average Bonchev–Trinajstić information content (AvgIpc) is 2.87. The van der Waals surface area contributed by atoms with Crippen LogP contribution in [0.2, 0.25) is 0 Å². The van der Waals surface area contributed by atoms with Gasteiger partial charge in [0.15, 0.2) is 0 Å². The van der Waals surface area contributed by atoms with Crippen LogP contribution in [0, 0.1) is 0 Å². The van der Waals surface area contributed by atoms with Gasteiger partial charge < -0.3 is 9.30 Å². The molecule has 1 aromatic heterocycles. The number of ether oxygens (including phenoxy) is 1. The van der Waals surface area contributed by atoms with E-state index in [-0.39, 0.29) is 0 Å². The largest absolute Gasteiger partial charge is 0.493 e. The second-order valence-electron chi connectivity index (χ2n) is 5.12. The van der Waals surface area contributed by atoms with Gasteiger partial charge in [0.05, 0.1) is 6.61 Å². The summed E-state index contributed by atoms with van der Waals surface area (Å²) in [4.78, 5) is 4.46. The number of hydrogen-bond donors (Lipinski definition) is 0. The Morgan fingerprint density at radius 1 is 1.37 bits per heavy atom. The molecule has 2 aromatic rings. The number of hydrogen-bond acceptors (Lipinski definition) is 2. The molecule has 1 unspecified atom stereocenters. The molecule has 3 nitrogen and oxygen atoms in total. The van der Waals surface area contributed by atoms with Gasteiger partial charge in [-0.15, -0.1) is 0 Å². The number of nitrogens with zero attached hydrogens (tertiary/aromatic N) is 2. The van der Waals surface area contributed by atoms with Crippen molar-refractivity contribution in [2.45, 2.75) is 38.6 Å². The third kappa shape index (κ3) is 2.50. The molecule has 3 heteroatoms. The Hall–Kier alpha value is -1.77. The molecule has 0 radical (unpaired) electrons. The summed E-state index contributed by atoms with van der Waals surface area (Å²) in [5.74, 6) is 2.79. The zero-order valence-electron chi connectivity index (χ0n) is 11.4. The van der Waals surface area contributed by atoms with E-state index in [1.54, 1.807) is 0 Å². The molecule has 0 amide bonds. The van der Waals surface area contributed by atoms with Crippen LogP contribution in [0.1, 0.15) is 37.1 Å². The molecule has 1 atom stereocenters. The van der Waals surface area contributed by atoms with Gasteiger partial charge in [-0.05, 0) is 24.5 Å². The van der Waals surface area contributed by atoms with Crippen molar-refractivity contribution in [1.29, 1.82) is 0 Å². The first-order chi connectivity index (χ1) is 9.38. The Kier molecular flexibility index (Phi) is 3.53. The molecular weight excluding hydrogens is 236 g/mol. The predicted molar refractivity (Wildman–Crippen MR) is 75.5 cm³/mol. The van der Waals surface area contributed by atoms with Gasteiger partial charge in [0.2, 0.25) is 0 Å². The molecule has 2 heterocycles. The summed E-state index contributed by atoms with van der Waals surface area (Å²) < 4.78 is 8.03. The van der Waals surface area contributed by atoms with Crippen LogP contribution in [0.4, 0.5) is 0 Å². The van der Waals surface area contributed by atoms with Crippen LogP contribution in [0.25, 0.3) is 0 Å². The van der Waals surface area contributed by atoms with E-state index < -0.39 is 0 Å². The maximum Gasteiger partial charge on any atom is 0.122 e. The monoisotopic (exact) mass is 256 g/mol. The van der Waals surface area contributed by atoms with Crippen LogP contribution in [0.15, 0.2) is 36.7 Å². The Morgan fingerprint density at radius 2 is 2.26 bits per heavy atom. The number of imidazole rings is 1. The summed E-state index contributed by atoms with van der Waals surface area (Å²) in [6.07, 6.45) is 7.29. The maximum atomic E-state index is 5.73. The minimum Gasteiger partial charge on any atom is -0.493 e. The van der Waals surface area contributed by atoms with E-state index in [0.29, 0.717) is 5.92 Å². The standard InChI is InChI=1S/C16H20N2O/c1-2-5-16-17-9-10-18(16)12-13-8-11-19-15-7-4-3-6-14(13)15/h3-4,6-7,9-10,13H,2,5,8,11-12H2,1H3. The van der Waals surface area contributed by atoms with E-state index in [9.17, 15) is 0 Å². The number of aromatic nitrogens is 2. The van der Waals surface area contributed by atoms with Crippen molar-refractivity contribution in [2.24, 2.45) is 0 Å². The zero-order chi connectivity index (χ0) is 13.1. The molecule has 1 aliphatic heterocycles. The second kappa shape index (κ2) is 5.47. The highest BCUT2D eigenvalue weighted by molar-refractivity contribution is 5.37. The lowest BCUT2D eigenvalue weighted by molar-refractivity contribution is 0.258. The van der Waals surface area contributed by atoms with Gasteiger partial charge in [0.25, 0.3) is 0 Å². The lowest BCUT2D eigenvalue weighted by atomic mass is 9.93. The van der Waals surface area contributed by atoms with Crippen molar-refractivity contribution in [3.05, 3.63) is 48.0 Å². The summed E-state index contributed by atoms with van der Waals surface area (Å²) in [5.41, 5.74) is 1.34. The van der Waals surface area contributed by atoms with Crippen molar-refractivity contribution < 1.29 is 4.74 Å². The van der Waals surface area contributed by atoms with Gasteiger partial charge in [0.1, 0.15) is 11.6 Å². The number of fused-ring (bicyclic) bond motifs is 1. The minimum absolute atomic E-state index is 0.537. The Balaban J connectivity index is 1.82. The number of rotatable bonds is 4. The van der Waals surface area contributed by atoms with E-state index in [1.807, 2.05) is 12.3 Å². The molecule has 1 aromatic carbocycles. The fraction of sp³-hybridized carbons (Fsp3) is 0.438. The second-order valence-corrected chi connectivity index (χ2v) is 5.12. The Bertz CT molecular complexity index is 547. The molecular formula is C16H20N2O. The van der Waals surface area contributed by atoms with Crippen LogP contribution in [-0.4, -0.2) is 16.2 Å². The highest BCUT2D eigenvalue weighted by Gasteiger charge is 2.21. The SMILES string of the molecule is CCCc1nccn1CC1CCOc2ccccc21. The van der Waals surface area contributed by atoms with E-state index in [1.165, 1.54) is 11.4 Å². The molecule has 0 fully saturated rings. The lowest BCUT2D eigenvalue weighted by Crippen LogP contribution is -2.19. The van der Waals surface area contributed by atoms with Crippen molar-refractivity contribution in [2.75, 3.05) is 6.61 Å². The van der Waals surface area contributed by atoms with Gasteiger partial charge in [0, 0.05) is 31.3 Å². The van der Waals surface area contributed by atoms with Gasteiger partial charge in [-0.1, -0.05) is 25.1 Å². The van der Waals surface area contributed by atoms with Gasteiger partial charge in [-0.3, -0.25) is 0 Å². The first-order valence-corrected chi connectivity index (χ1v) is 7.10. The molecule has 19 heavy (non-hydrogen) atoms. The molecule has 0 bridgehead atoms. The van der Waals surface area contributed by atoms with Crippen LogP contribution < -0.4 is 4.74 Å². The molecule has 0 N–H and O–H groups in total. The van der Waals surface area contributed by atoms with Crippen LogP contribution in [0.5, 0.6) is 5.75 Å². The first kappa shape index (κ1) is 12.3. The Morgan fingerprint density at radius 3 is 3.16 bits per heavy atom. The smallest absolute Gasteiger partial charge is 0.122 e. The number of benzene rings is 1. The number of aryl methyl sites for hydroxylation is 1. The van der Waals surface area contributed by atoms with Crippen molar-refractivity contribution in [1.82, 2.24) is 9.55 Å². The summed E-state index contributed by atoms with van der Waals surface area (Å²) in [5, 5.41) is 0. The highest BCUT2D eigenvalue weighted by Crippen LogP contribution is 2.34. The van der Waals surface area contributed by atoms with E-state index in [4.69, 9.17) is 4.74 Å². The predicted octanol–water partition coefficient (Wildman–Crippen LogP) is 3.40. The van der Waals surface area contributed by atoms with E-state index >= 15 is 0 Å². The summed E-state index contributed by atoms with van der Waals surface area (Å²) in [6.45, 7) is 4.03. The Labute approximate surface area is 114 Å². The van der Waals surface area contributed by atoms with Crippen LogP contribution >= 0.6 is 0 Å². The van der Waals surface area contributed by atoms with Gasteiger partial charge in [-0.2, -0.15) is 0 Å². The fourth-order valence-electron chi connectivity index (χ4n) is 2.80. The van der Waals surface area contributed by atoms with Crippen LogP contribution in [0.3, 0.4) is 0 Å². The quantitative estimate of drug-likeness (QED) is 0.838. The summed E-state index contributed by atoms with van der Waals surface area (Å²) in [7, 11) is 0. The first-order valence-electron chi connectivity index (χ1n) is 7.10. The topological polar surface area (TPSA) is 27.1 Å². The highest BCUT2D eigenvalue weighted by atomic mass is 16.5. The molecule has 1 aliphatic rings. The fourth-order valence-corrected chi connectivity index (χ4v) is 2.80. The molecule has 100 valence electrons. The molecule has 0 aliphatic carbocycles. The normalized spacial score (nSPS) is 17.8. The average molecular weight is 256 g/mol. The number of para-hydroxylation sites is 1. The van der Waals surface area contributed by atoms with Crippen molar-refractivity contribution in [3.63, 3.8) is 0 Å². The van der Waals surface area contributed by atoms with E-state index in [2.05, 4.69) is 40.9 Å². The lowest BCUT2D eigenvalue weighted by Gasteiger charge is -2.26. The minimum atomic E-state index is 0.537. The third-order valence-corrected chi connectivity index (χ3v) is 3.78. The van der Waals surface area contributed by atoms with Crippen LogP contribution in [-0.2, 0) is 13.0 Å². The van der Waals surface area contributed by atoms with Gasteiger partial charge in [-0.25, -0.2) is 4.98 Å². The van der Waals surface area contributed by atoms with Crippen molar-refractivity contribution >= 4 is 0 Å². The molecule has 0 saturated heterocycles. The maximum absolute atomic E-state index is 5.73. The molecule has 0 spiro atoms. The summed E-state index contributed by atoms with van der Waals surface area (Å²) >= 11 is 0. The third-order valence-electron chi connectivity index (χ3n) is 3.78. The molecule has 0 saturated carbocycles. The van der Waals surface area contributed by atoms with Gasteiger partial charge >= 0.3 is 0 Å². The zero-order valence-corrected chi connectivity index (χ0v) is 11.4. The summed E-state index contributed by atoms with van der Waals surface area (Å²) in [6, 6.07) is 8.40.